The van der Waals surface area contributed by atoms with Crippen molar-refractivity contribution in [1.29, 1.82) is 0 Å². The third-order valence-electron chi connectivity index (χ3n) is 7.47. The summed E-state index contributed by atoms with van der Waals surface area (Å²) in [5.74, 6) is -0.676. The van der Waals surface area contributed by atoms with E-state index >= 15 is 0 Å². The Hall–Kier alpha value is -4.87. The summed E-state index contributed by atoms with van der Waals surface area (Å²) >= 11 is 0. The molecule has 2 heterocycles. The topological polar surface area (TPSA) is 88.9 Å². The molecule has 1 aliphatic carbocycles. The van der Waals surface area contributed by atoms with Crippen LogP contribution >= 0.6 is 0 Å². The van der Waals surface area contributed by atoms with Gasteiger partial charge >= 0.3 is 12.3 Å². The Morgan fingerprint density at radius 2 is 1.74 bits per heavy atom. The number of nitrogens with zero attached hydrogens (tertiary/aromatic N) is 2. The number of alkyl halides is 4. The predicted molar refractivity (Wildman–Crippen MR) is 157 cm³/mol. The Balaban J connectivity index is 1.26. The number of Topliss-reactive ketones (excluding diaryl/α,β-unsaturated/α-hetero) is 1. The van der Waals surface area contributed by atoms with Gasteiger partial charge in [0, 0.05) is 17.5 Å². The number of esters is 1. The third kappa shape index (κ3) is 6.56. The number of ketones is 1. The van der Waals surface area contributed by atoms with Gasteiger partial charge in [0.25, 0.3) is 6.43 Å². The maximum Gasteiger partial charge on any atom is 0.586 e. The minimum atomic E-state index is -3.77. The highest BCUT2D eigenvalue weighted by atomic mass is 19.3. The number of hydrogen-bond donors (Lipinski definition) is 0. The standard InChI is InChI=1S/C34H30F4N2O6/c1-33(2,3)46-32(42)20-11-13-23(14-12-20)43-27-9-5-8-24-29(31(35)36)39-40(30(24)27)22-7-4-6-21(18-22)25(41)16-19-10-15-26-28(17-19)45-34(37,38)44-26/h4,6-7,10-15,17-18,27,31H,5,8-9,16H2,1-3H3. The number of hydrogen-bond acceptors (Lipinski definition) is 7. The first-order valence-electron chi connectivity index (χ1n) is 14.7. The lowest BCUT2D eigenvalue weighted by Crippen LogP contribution is -2.25. The molecule has 1 unspecified atom stereocenters. The first-order valence-corrected chi connectivity index (χ1v) is 14.7. The minimum Gasteiger partial charge on any atom is -0.484 e. The van der Waals surface area contributed by atoms with Gasteiger partial charge in [-0.2, -0.15) is 5.10 Å². The molecule has 0 radical (unpaired) electrons. The maximum absolute atomic E-state index is 14.2. The second-order valence-electron chi connectivity index (χ2n) is 12.1. The summed E-state index contributed by atoms with van der Waals surface area (Å²) in [5, 5.41) is 4.27. The molecule has 0 saturated heterocycles. The van der Waals surface area contributed by atoms with Crippen LogP contribution in [0.25, 0.3) is 5.69 Å². The highest BCUT2D eigenvalue weighted by Gasteiger charge is 2.43. The first-order chi connectivity index (χ1) is 21.8. The van der Waals surface area contributed by atoms with E-state index in [0.717, 1.165) is 0 Å². The molecule has 0 amide bonds. The van der Waals surface area contributed by atoms with E-state index in [1.165, 1.54) is 22.9 Å². The smallest absolute Gasteiger partial charge is 0.484 e. The Morgan fingerprint density at radius 3 is 2.46 bits per heavy atom. The van der Waals surface area contributed by atoms with Crippen molar-refractivity contribution in [3.63, 3.8) is 0 Å². The van der Waals surface area contributed by atoms with Gasteiger partial charge in [0.05, 0.1) is 16.9 Å². The van der Waals surface area contributed by atoms with Crippen LogP contribution in [0.2, 0.25) is 0 Å². The van der Waals surface area contributed by atoms with Crippen LogP contribution in [0, 0.1) is 0 Å². The first kappa shape index (κ1) is 31.1. The summed E-state index contributed by atoms with van der Waals surface area (Å²) < 4.78 is 77.2. The van der Waals surface area contributed by atoms with Crippen LogP contribution in [0.3, 0.4) is 0 Å². The van der Waals surface area contributed by atoms with E-state index in [0.29, 0.717) is 53.1 Å². The average molecular weight is 639 g/mol. The zero-order chi connectivity index (χ0) is 32.8. The fraction of sp³-hybridized carbons (Fsp3) is 0.324. The lowest BCUT2D eigenvalue weighted by atomic mass is 9.93. The minimum absolute atomic E-state index is 0.128. The Labute approximate surface area is 261 Å². The zero-order valence-electron chi connectivity index (χ0n) is 25.2. The van der Waals surface area contributed by atoms with E-state index in [1.54, 1.807) is 69.3 Å². The summed E-state index contributed by atoms with van der Waals surface area (Å²) in [7, 11) is 0. The second kappa shape index (κ2) is 11.8. The van der Waals surface area contributed by atoms with Crippen molar-refractivity contribution in [2.45, 2.75) is 70.9 Å². The van der Waals surface area contributed by atoms with Gasteiger partial charge in [-0.1, -0.05) is 18.2 Å². The molecule has 2 aliphatic rings. The van der Waals surface area contributed by atoms with Gasteiger partial charge in [0.2, 0.25) is 0 Å². The van der Waals surface area contributed by atoms with E-state index < -0.39 is 30.4 Å². The lowest BCUT2D eigenvalue weighted by molar-refractivity contribution is -0.286. The van der Waals surface area contributed by atoms with Gasteiger partial charge in [-0.3, -0.25) is 4.79 Å². The van der Waals surface area contributed by atoms with Crippen LogP contribution in [-0.2, 0) is 17.6 Å². The summed E-state index contributed by atoms with van der Waals surface area (Å²) in [6.07, 6.45) is -5.86. The predicted octanol–water partition coefficient (Wildman–Crippen LogP) is 7.97. The number of carbonyl (C=O) groups is 2. The van der Waals surface area contributed by atoms with Crippen molar-refractivity contribution in [3.8, 4) is 22.9 Å². The number of carbonyl (C=O) groups excluding carboxylic acids is 2. The number of halogens is 4. The van der Waals surface area contributed by atoms with E-state index in [-0.39, 0.29) is 35.0 Å². The molecular formula is C34H30F4N2O6. The third-order valence-corrected chi connectivity index (χ3v) is 7.47. The Morgan fingerprint density at radius 1 is 1.00 bits per heavy atom. The van der Waals surface area contributed by atoms with Crippen LogP contribution in [0.1, 0.15) is 89.4 Å². The van der Waals surface area contributed by atoms with Crippen LogP contribution in [0.15, 0.2) is 66.7 Å². The van der Waals surface area contributed by atoms with Crippen LogP contribution in [0.5, 0.6) is 17.2 Å². The SMILES string of the molecule is CC(C)(C)OC(=O)c1ccc(OC2CCCc3c(C(F)F)nn(-c4cccc(C(=O)Cc5ccc6c(c5)OC(F)(F)O6)c4)c32)cc1. The van der Waals surface area contributed by atoms with Gasteiger partial charge in [-0.25, -0.2) is 18.3 Å². The van der Waals surface area contributed by atoms with Gasteiger partial charge in [-0.05, 0) is 94.1 Å². The molecule has 0 saturated carbocycles. The van der Waals surface area contributed by atoms with Gasteiger partial charge in [-0.15, -0.1) is 8.78 Å². The number of rotatable bonds is 8. The summed E-state index contributed by atoms with van der Waals surface area (Å²) in [6.45, 7) is 5.32. The number of aromatic nitrogens is 2. The Kier molecular flexibility index (Phi) is 7.99. The van der Waals surface area contributed by atoms with E-state index in [1.807, 2.05) is 0 Å². The molecule has 1 atom stereocenters. The zero-order valence-corrected chi connectivity index (χ0v) is 25.2. The molecule has 240 valence electrons. The normalized spacial score (nSPS) is 16.7. The summed E-state index contributed by atoms with van der Waals surface area (Å²) in [6, 6.07) is 16.9. The molecule has 1 aromatic heterocycles. The van der Waals surface area contributed by atoms with Crippen molar-refractivity contribution >= 4 is 11.8 Å². The molecule has 0 spiro atoms. The van der Waals surface area contributed by atoms with E-state index in [4.69, 9.17) is 9.47 Å². The van der Waals surface area contributed by atoms with Crippen LogP contribution in [0.4, 0.5) is 17.6 Å². The molecule has 1 aliphatic heterocycles. The second-order valence-corrected chi connectivity index (χ2v) is 12.1. The largest absolute Gasteiger partial charge is 0.586 e. The molecular weight excluding hydrogens is 608 g/mol. The van der Waals surface area contributed by atoms with Gasteiger partial charge in [0.1, 0.15) is 23.1 Å². The fourth-order valence-electron chi connectivity index (χ4n) is 5.53. The van der Waals surface area contributed by atoms with Crippen molar-refractivity contribution in [1.82, 2.24) is 9.78 Å². The molecule has 4 aromatic rings. The van der Waals surface area contributed by atoms with Crippen molar-refractivity contribution < 1.29 is 46.1 Å². The summed E-state index contributed by atoms with van der Waals surface area (Å²) in [5.41, 5.74) is 1.28. The van der Waals surface area contributed by atoms with Gasteiger partial charge < -0.3 is 18.9 Å². The molecule has 3 aromatic carbocycles. The van der Waals surface area contributed by atoms with E-state index in [9.17, 15) is 27.2 Å². The fourth-order valence-corrected chi connectivity index (χ4v) is 5.53. The highest BCUT2D eigenvalue weighted by Crippen LogP contribution is 2.42. The molecule has 46 heavy (non-hydrogen) atoms. The molecule has 0 N–H and O–H groups in total. The lowest BCUT2D eigenvalue weighted by Gasteiger charge is -2.26. The molecule has 8 nitrogen and oxygen atoms in total. The number of ether oxygens (including phenoxy) is 4. The number of benzene rings is 3. The maximum atomic E-state index is 14.2. The average Bonchev–Trinajstić information content (AvgIpc) is 3.53. The number of fused-ring (bicyclic) bond motifs is 2. The highest BCUT2D eigenvalue weighted by molar-refractivity contribution is 5.98. The molecule has 0 bridgehead atoms. The van der Waals surface area contributed by atoms with E-state index in [2.05, 4.69) is 14.6 Å². The van der Waals surface area contributed by atoms with Crippen molar-refractivity contribution in [3.05, 3.63) is 100 Å². The Bertz CT molecular complexity index is 1800. The van der Waals surface area contributed by atoms with Crippen molar-refractivity contribution in [2.75, 3.05) is 0 Å². The molecule has 12 heteroatoms. The van der Waals surface area contributed by atoms with Gasteiger partial charge in [0.15, 0.2) is 17.3 Å². The monoisotopic (exact) mass is 638 g/mol. The van der Waals surface area contributed by atoms with Crippen LogP contribution < -0.4 is 14.2 Å². The van der Waals surface area contributed by atoms with Crippen LogP contribution in [-0.4, -0.2) is 33.4 Å². The molecule has 6 rings (SSSR count). The summed E-state index contributed by atoms with van der Waals surface area (Å²) in [4.78, 5) is 25.7. The van der Waals surface area contributed by atoms with Crippen molar-refractivity contribution in [2.24, 2.45) is 0 Å². The molecule has 0 fully saturated rings. The quantitative estimate of drug-likeness (QED) is 0.110.